The molecule has 1 atom stereocenters. The van der Waals surface area contributed by atoms with Gasteiger partial charge in [0.2, 0.25) is 0 Å². The summed E-state index contributed by atoms with van der Waals surface area (Å²) in [5.74, 6) is 0.789. The van der Waals surface area contributed by atoms with Crippen LogP contribution in [0.3, 0.4) is 0 Å². The average molecular weight is 157 g/mol. The Balaban J connectivity index is 2.71. The van der Waals surface area contributed by atoms with Gasteiger partial charge < -0.3 is 15.4 Å². The van der Waals surface area contributed by atoms with Gasteiger partial charge in [0.1, 0.15) is 6.10 Å². The van der Waals surface area contributed by atoms with Crippen molar-refractivity contribution in [2.45, 2.75) is 19.4 Å². The average Bonchev–Trinajstić information content (AvgIpc) is 2.50. The predicted molar refractivity (Wildman–Crippen MR) is 37.7 cm³/mol. The molecule has 0 saturated heterocycles. The number of aliphatic hydroxyl groups is 1. The molecule has 0 aliphatic carbocycles. The maximum atomic E-state index is 9.12. The standard InChI is InChI=1S/C6H11N3O2/c1-2-5-8-6(11-9-5)4(10)3-7/h4,10H,2-3,7H2,1H3. The number of aromatic nitrogens is 2. The lowest BCUT2D eigenvalue weighted by Crippen LogP contribution is -2.11. The fraction of sp³-hybridized carbons (Fsp3) is 0.667. The first kappa shape index (κ1) is 8.16. The van der Waals surface area contributed by atoms with Crippen molar-refractivity contribution in [2.75, 3.05) is 6.54 Å². The lowest BCUT2D eigenvalue weighted by atomic mass is 10.3. The first-order chi connectivity index (χ1) is 5.27. The summed E-state index contributed by atoms with van der Waals surface area (Å²) in [6, 6.07) is 0. The van der Waals surface area contributed by atoms with Crippen LogP contribution in [0, 0.1) is 0 Å². The number of aliphatic hydroxyl groups excluding tert-OH is 1. The number of rotatable bonds is 3. The molecule has 0 aliphatic rings. The summed E-state index contributed by atoms with van der Waals surface area (Å²) in [6.07, 6.45) is -0.136. The Bertz CT molecular complexity index is 223. The molecule has 0 spiro atoms. The Morgan fingerprint density at radius 2 is 2.45 bits per heavy atom. The third kappa shape index (κ3) is 1.75. The third-order valence-corrected chi connectivity index (χ3v) is 1.31. The number of hydrogen-bond acceptors (Lipinski definition) is 5. The summed E-state index contributed by atoms with van der Waals surface area (Å²) >= 11 is 0. The Hall–Kier alpha value is -0.940. The molecule has 5 nitrogen and oxygen atoms in total. The summed E-state index contributed by atoms with van der Waals surface area (Å²) in [5, 5.41) is 12.7. The van der Waals surface area contributed by atoms with Gasteiger partial charge in [0.15, 0.2) is 5.82 Å². The molecule has 3 N–H and O–H groups in total. The maximum absolute atomic E-state index is 9.12. The molecule has 62 valence electrons. The van der Waals surface area contributed by atoms with Crippen molar-refractivity contribution >= 4 is 0 Å². The molecule has 11 heavy (non-hydrogen) atoms. The Morgan fingerprint density at radius 1 is 1.73 bits per heavy atom. The molecule has 0 aromatic carbocycles. The highest BCUT2D eigenvalue weighted by Gasteiger charge is 2.12. The van der Waals surface area contributed by atoms with Gasteiger partial charge in [0, 0.05) is 13.0 Å². The van der Waals surface area contributed by atoms with E-state index >= 15 is 0 Å². The topological polar surface area (TPSA) is 85.2 Å². The van der Waals surface area contributed by atoms with E-state index in [1.807, 2.05) is 6.92 Å². The zero-order valence-electron chi connectivity index (χ0n) is 6.32. The SMILES string of the molecule is CCc1noc(C(O)CN)n1. The molecule has 0 saturated carbocycles. The van der Waals surface area contributed by atoms with Gasteiger partial charge in [-0.15, -0.1) is 0 Å². The quantitative estimate of drug-likeness (QED) is 0.625. The molecule has 0 amide bonds. The molecule has 5 heteroatoms. The Kier molecular flexibility index (Phi) is 2.56. The largest absolute Gasteiger partial charge is 0.382 e. The second kappa shape index (κ2) is 3.45. The maximum Gasteiger partial charge on any atom is 0.256 e. The molecule has 1 aromatic heterocycles. The van der Waals surface area contributed by atoms with Crippen molar-refractivity contribution < 1.29 is 9.63 Å². The van der Waals surface area contributed by atoms with Crippen molar-refractivity contribution in [3.05, 3.63) is 11.7 Å². The van der Waals surface area contributed by atoms with Crippen LogP contribution in [0.15, 0.2) is 4.52 Å². The molecule has 1 rings (SSSR count). The second-order valence-corrected chi connectivity index (χ2v) is 2.15. The minimum atomic E-state index is -0.831. The van der Waals surface area contributed by atoms with Crippen LogP contribution in [0.4, 0.5) is 0 Å². The molecule has 0 fully saturated rings. The van der Waals surface area contributed by atoms with Crippen molar-refractivity contribution in [3.8, 4) is 0 Å². The smallest absolute Gasteiger partial charge is 0.256 e. The number of aryl methyl sites for hydroxylation is 1. The van der Waals surface area contributed by atoms with Crippen LogP contribution in [0.25, 0.3) is 0 Å². The normalized spacial score (nSPS) is 13.4. The number of nitrogens with zero attached hydrogens (tertiary/aromatic N) is 2. The number of hydrogen-bond donors (Lipinski definition) is 2. The first-order valence-electron chi connectivity index (χ1n) is 3.48. The first-order valence-corrected chi connectivity index (χ1v) is 3.48. The van der Waals surface area contributed by atoms with Crippen LogP contribution in [-0.4, -0.2) is 21.8 Å². The van der Waals surface area contributed by atoms with E-state index in [2.05, 4.69) is 10.1 Å². The molecular weight excluding hydrogens is 146 g/mol. The van der Waals surface area contributed by atoms with Gasteiger partial charge in [-0.25, -0.2) is 0 Å². The van der Waals surface area contributed by atoms with Crippen LogP contribution >= 0.6 is 0 Å². The van der Waals surface area contributed by atoms with Gasteiger partial charge in [0.25, 0.3) is 5.89 Å². The van der Waals surface area contributed by atoms with E-state index in [0.717, 1.165) is 0 Å². The van der Waals surface area contributed by atoms with Crippen molar-refractivity contribution in [3.63, 3.8) is 0 Å². The highest BCUT2D eigenvalue weighted by Crippen LogP contribution is 2.07. The molecule has 0 radical (unpaired) electrons. The minimum absolute atomic E-state index is 0.103. The zero-order chi connectivity index (χ0) is 8.27. The van der Waals surface area contributed by atoms with Gasteiger partial charge in [-0.05, 0) is 0 Å². The highest BCUT2D eigenvalue weighted by molar-refractivity contribution is 4.89. The Labute approximate surface area is 64.2 Å². The van der Waals surface area contributed by atoms with Crippen LogP contribution in [-0.2, 0) is 6.42 Å². The van der Waals surface area contributed by atoms with Gasteiger partial charge in [-0.2, -0.15) is 4.98 Å². The van der Waals surface area contributed by atoms with Crippen molar-refractivity contribution in [1.82, 2.24) is 10.1 Å². The van der Waals surface area contributed by atoms with E-state index < -0.39 is 6.10 Å². The number of nitrogens with two attached hydrogens (primary N) is 1. The summed E-state index contributed by atoms with van der Waals surface area (Å²) in [4.78, 5) is 3.89. The van der Waals surface area contributed by atoms with E-state index in [0.29, 0.717) is 12.2 Å². The van der Waals surface area contributed by atoms with E-state index in [9.17, 15) is 0 Å². The van der Waals surface area contributed by atoms with Crippen LogP contribution < -0.4 is 5.73 Å². The molecule has 1 aromatic rings. The molecule has 0 bridgehead atoms. The molecular formula is C6H11N3O2. The van der Waals surface area contributed by atoms with Gasteiger partial charge in [0.05, 0.1) is 0 Å². The van der Waals surface area contributed by atoms with E-state index in [1.165, 1.54) is 0 Å². The van der Waals surface area contributed by atoms with E-state index in [4.69, 9.17) is 15.4 Å². The predicted octanol–water partition coefficient (Wildman–Crippen LogP) is -0.376. The fourth-order valence-corrected chi connectivity index (χ4v) is 0.647. The molecule has 1 heterocycles. The second-order valence-electron chi connectivity index (χ2n) is 2.15. The van der Waals surface area contributed by atoms with Crippen molar-refractivity contribution in [1.29, 1.82) is 0 Å². The lowest BCUT2D eigenvalue weighted by Gasteiger charge is -1.97. The van der Waals surface area contributed by atoms with Gasteiger partial charge >= 0.3 is 0 Å². The Morgan fingerprint density at radius 3 is 2.91 bits per heavy atom. The summed E-state index contributed by atoms with van der Waals surface area (Å²) in [6.45, 7) is 2.01. The molecule has 1 unspecified atom stereocenters. The zero-order valence-corrected chi connectivity index (χ0v) is 6.32. The summed E-state index contributed by atoms with van der Waals surface area (Å²) in [5.41, 5.74) is 5.18. The minimum Gasteiger partial charge on any atom is -0.382 e. The van der Waals surface area contributed by atoms with Crippen LogP contribution in [0.5, 0.6) is 0 Å². The fourth-order valence-electron chi connectivity index (χ4n) is 0.647. The van der Waals surface area contributed by atoms with Crippen LogP contribution in [0.1, 0.15) is 24.7 Å². The van der Waals surface area contributed by atoms with Gasteiger partial charge in [-0.1, -0.05) is 12.1 Å². The van der Waals surface area contributed by atoms with E-state index in [1.54, 1.807) is 0 Å². The van der Waals surface area contributed by atoms with Crippen molar-refractivity contribution in [2.24, 2.45) is 5.73 Å². The molecule has 0 aliphatic heterocycles. The van der Waals surface area contributed by atoms with Crippen LogP contribution in [0.2, 0.25) is 0 Å². The highest BCUT2D eigenvalue weighted by atomic mass is 16.5. The summed E-state index contributed by atoms with van der Waals surface area (Å²) in [7, 11) is 0. The lowest BCUT2D eigenvalue weighted by molar-refractivity contribution is 0.141. The van der Waals surface area contributed by atoms with Gasteiger partial charge in [-0.3, -0.25) is 0 Å². The summed E-state index contributed by atoms with van der Waals surface area (Å²) < 4.78 is 4.72. The van der Waals surface area contributed by atoms with E-state index in [-0.39, 0.29) is 12.4 Å². The third-order valence-electron chi connectivity index (χ3n) is 1.31. The monoisotopic (exact) mass is 157 g/mol.